The first-order valence-electron chi connectivity index (χ1n) is 6.72. The molecule has 0 saturated carbocycles. The van der Waals surface area contributed by atoms with E-state index in [9.17, 15) is 0 Å². The lowest BCUT2D eigenvalue weighted by Gasteiger charge is -2.01. The van der Waals surface area contributed by atoms with E-state index < -0.39 is 0 Å². The Morgan fingerprint density at radius 3 is 2.18 bits per heavy atom. The minimum atomic E-state index is -0.0170. The third-order valence-corrected chi connectivity index (χ3v) is 4.49. The van der Waals surface area contributed by atoms with Crippen LogP contribution in [0.5, 0.6) is 5.75 Å². The van der Waals surface area contributed by atoms with Crippen molar-refractivity contribution in [2.75, 3.05) is 7.11 Å². The van der Waals surface area contributed by atoms with Crippen molar-refractivity contribution in [3.8, 4) is 26.6 Å². The molecular formula is C17H15N3OS. The number of methoxy groups -OCH3 is 1. The predicted molar refractivity (Wildman–Crippen MR) is 90.6 cm³/mol. The van der Waals surface area contributed by atoms with Gasteiger partial charge in [-0.15, -0.1) is 11.3 Å². The fraction of sp³-hybridized carbons (Fsp3) is 0.0588. The zero-order chi connectivity index (χ0) is 15.5. The van der Waals surface area contributed by atoms with Gasteiger partial charge >= 0.3 is 0 Å². The first kappa shape index (κ1) is 14.3. The van der Waals surface area contributed by atoms with Gasteiger partial charge in [-0.1, -0.05) is 0 Å². The van der Waals surface area contributed by atoms with Crippen LogP contribution >= 0.6 is 11.3 Å². The lowest BCUT2D eigenvalue weighted by Crippen LogP contribution is -2.12. The second-order valence-electron chi connectivity index (χ2n) is 4.74. The molecule has 110 valence electrons. The van der Waals surface area contributed by atoms with Crippen molar-refractivity contribution in [3.63, 3.8) is 0 Å². The molecule has 0 saturated heterocycles. The minimum absolute atomic E-state index is 0.0170. The molecule has 22 heavy (non-hydrogen) atoms. The Balaban J connectivity index is 1.87. The molecule has 0 atom stereocenters. The highest BCUT2D eigenvalue weighted by atomic mass is 32.1. The summed E-state index contributed by atoms with van der Waals surface area (Å²) in [7, 11) is 1.66. The number of nitrogens with one attached hydrogen (secondary N) is 1. The van der Waals surface area contributed by atoms with E-state index in [1.807, 2.05) is 30.3 Å². The molecule has 0 amide bonds. The van der Waals surface area contributed by atoms with Crippen molar-refractivity contribution in [2.24, 2.45) is 5.73 Å². The van der Waals surface area contributed by atoms with Crippen molar-refractivity contribution in [1.29, 1.82) is 5.41 Å². The number of nitrogen functional groups attached to an aromatic ring is 1. The van der Waals surface area contributed by atoms with Crippen LogP contribution in [-0.4, -0.2) is 17.9 Å². The summed E-state index contributed by atoms with van der Waals surface area (Å²) < 4.78 is 5.18. The number of thiophene rings is 1. The number of hydrogen-bond donors (Lipinski definition) is 2. The van der Waals surface area contributed by atoms with Gasteiger partial charge in [-0.05, 0) is 54.1 Å². The van der Waals surface area contributed by atoms with E-state index in [4.69, 9.17) is 15.9 Å². The van der Waals surface area contributed by atoms with Crippen LogP contribution in [0.3, 0.4) is 0 Å². The Labute approximate surface area is 132 Å². The first-order valence-corrected chi connectivity index (χ1v) is 7.54. The molecule has 1 aromatic carbocycles. The van der Waals surface area contributed by atoms with Gasteiger partial charge in [-0.25, -0.2) is 0 Å². The molecule has 5 heteroatoms. The maximum atomic E-state index is 7.37. The molecule has 2 aromatic heterocycles. The second kappa shape index (κ2) is 5.99. The Bertz CT molecular complexity index is 792. The van der Waals surface area contributed by atoms with E-state index in [0.717, 1.165) is 21.8 Å². The van der Waals surface area contributed by atoms with Gasteiger partial charge in [0, 0.05) is 21.5 Å². The molecule has 3 rings (SSSR count). The lowest BCUT2D eigenvalue weighted by molar-refractivity contribution is 0.415. The third kappa shape index (κ3) is 2.84. The van der Waals surface area contributed by atoms with E-state index in [-0.39, 0.29) is 5.84 Å². The molecule has 0 fully saturated rings. The molecule has 2 heterocycles. The van der Waals surface area contributed by atoms with Crippen LogP contribution in [-0.2, 0) is 0 Å². The van der Waals surface area contributed by atoms with Crippen LogP contribution < -0.4 is 10.5 Å². The molecule has 0 unspecified atom stereocenters. The summed E-state index contributed by atoms with van der Waals surface area (Å²) in [5.74, 6) is 0.834. The SMILES string of the molecule is COc1ccc(-c2ccc(-c3ccc(C(=N)N)nc3)s2)cc1. The van der Waals surface area contributed by atoms with Crippen LogP contribution in [0.1, 0.15) is 5.69 Å². The number of pyridine rings is 1. The molecule has 4 nitrogen and oxygen atoms in total. The number of rotatable bonds is 4. The van der Waals surface area contributed by atoms with Crippen LogP contribution in [0.2, 0.25) is 0 Å². The Morgan fingerprint density at radius 1 is 1.00 bits per heavy atom. The Hall–Kier alpha value is -2.66. The van der Waals surface area contributed by atoms with Crippen LogP contribution in [0, 0.1) is 5.41 Å². The summed E-state index contributed by atoms with van der Waals surface area (Å²) in [6.07, 6.45) is 1.75. The van der Waals surface area contributed by atoms with Crippen molar-refractivity contribution >= 4 is 17.2 Å². The van der Waals surface area contributed by atoms with Gasteiger partial charge < -0.3 is 10.5 Å². The topological polar surface area (TPSA) is 72.0 Å². The normalized spacial score (nSPS) is 10.4. The zero-order valence-electron chi connectivity index (χ0n) is 12.0. The summed E-state index contributed by atoms with van der Waals surface area (Å²) in [4.78, 5) is 6.52. The quantitative estimate of drug-likeness (QED) is 0.569. The van der Waals surface area contributed by atoms with Gasteiger partial charge in [0.2, 0.25) is 0 Å². The highest BCUT2D eigenvalue weighted by Gasteiger charge is 2.06. The maximum Gasteiger partial charge on any atom is 0.141 e. The average Bonchev–Trinajstić information content (AvgIpc) is 3.05. The monoisotopic (exact) mass is 309 g/mol. The highest BCUT2D eigenvalue weighted by Crippen LogP contribution is 2.34. The molecule has 3 N–H and O–H groups in total. The van der Waals surface area contributed by atoms with Gasteiger partial charge in [0.1, 0.15) is 17.3 Å². The van der Waals surface area contributed by atoms with E-state index >= 15 is 0 Å². The summed E-state index contributed by atoms with van der Waals surface area (Å²) >= 11 is 1.70. The molecule has 0 aliphatic rings. The van der Waals surface area contributed by atoms with Gasteiger partial charge in [0.25, 0.3) is 0 Å². The van der Waals surface area contributed by atoms with Crippen molar-refractivity contribution in [2.45, 2.75) is 0 Å². The molecule has 0 bridgehead atoms. The number of ether oxygens (including phenoxy) is 1. The number of aromatic nitrogens is 1. The molecule has 0 radical (unpaired) electrons. The van der Waals surface area contributed by atoms with Crippen LogP contribution in [0.25, 0.3) is 20.9 Å². The number of amidine groups is 1. The molecule has 0 spiro atoms. The number of nitrogens with zero attached hydrogens (tertiary/aromatic N) is 1. The lowest BCUT2D eigenvalue weighted by atomic mass is 10.2. The number of hydrogen-bond acceptors (Lipinski definition) is 4. The van der Waals surface area contributed by atoms with Crippen molar-refractivity contribution in [1.82, 2.24) is 4.98 Å². The summed E-state index contributed by atoms with van der Waals surface area (Å²) in [5.41, 5.74) is 8.10. The van der Waals surface area contributed by atoms with Crippen molar-refractivity contribution in [3.05, 3.63) is 60.4 Å². The standard InChI is InChI=1S/C17H15N3OS/c1-21-13-5-2-11(3-6-13)15-8-9-16(22-15)12-4-7-14(17(18)19)20-10-12/h2-10H,1H3,(H3,18,19). The minimum Gasteiger partial charge on any atom is -0.497 e. The van der Waals surface area contributed by atoms with E-state index in [0.29, 0.717) is 5.69 Å². The largest absolute Gasteiger partial charge is 0.497 e. The van der Waals surface area contributed by atoms with Gasteiger partial charge in [0.15, 0.2) is 0 Å². The summed E-state index contributed by atoms with van der Waals surface area (Å²) in [6.45, 7) is 0. The third-order valence-electron chi connectivity index (χ3n) is 3.30. The molecule has 0 aliphatic carbocycles. The number of benzene rings is 1. The van der Waals surface area contributed by atoms with Crippen LogP contribution in [0.4, 0.5) is 0 Å². The maximum absolute atomic E-state index is 7.37. The van der Waals surface area contributed by atoms with Crippen LogP contribution in [0.15, 0.2) is 54.7 Å². The van der Waals surface area contributed by atoms with Gasteiger partial charge in [-0.2, -0.15) is 0 Å². The van der Waals surface area contributed by atoms with E-state index in [1.54, 1.807) is 30.7 Å². The number of nitrogens with two attached hydrogens (primary N) is 1. The van der Waals surface area contributed by atoms with E-state index in [2.05, 4.69) is 17.1 Å². The average molecular weight is 309 g/mol. The molecule has 0 aliphatic heterocycles. The van der Waals surface area contributed by atoms with Gasteiger partial charge in [-0.3, -0.25) is 10.4 Å². The van der Waals surface area contributed by atoms with Gasteiger partial charge in [0.05, 0.1) is 7.11 Å². The van der Waals surface area contributed by atoms with Crippen molar-refractivity contribution < 1.29 is 4.74 Å². The van der Waals surface area contributed by atoms with E-state index in [1.165, 1.54) is 4.88 Å². The molecular weight excluding hydrogens is 294 g/mol. The fourth-order valence-electron chi connectivity index (χ4n) is 2.10. The highest BCUT2D eigenvalue weighted by molar-refractivity contribution is 7.18. The zero-order valence-corrected chi connectivity index (χ0v) is 12.9. The fourth-order valence-corrected chi connectivity index (χ4v) is 3.10. The Morgan fingerprint density at radius 2 is 1.64 bits per heavy atom. The summed E-state index contributed by atoms with van der Waals surface area (Å²) in [5, 5.41) is 7.37. The second-order valence-corrected chi connectivity index (χ2v) is 5.82. The first-order chi connectivity index (χ1) is 10.7. The Kier molecular flexibility index (Phi) is 3.89. The smallest absolute Gasteiger partial charge is 0.141 e. The molecule has 3 aromatic rings. The predicted octanol–water partition coefficient (Wildman–Crippen LogP) is 3.77. The summed E-state index contributed by atoms with van der Waals surface area (Å²) in [6, 6.07) is 15.9.